The maximum atomic E-state index is 11.0. The average molecular weight is 336 g/mol. The van der Waals surface area contributed by atoms with E-state index in [4.69, 9.17) is 9.84 Å². The van der Waals surface area contributed by atoms with Gasteiger partial charge in [-0.2, -0.15) is 0 Å². The summed E-state index contributed by atoms with van der Waals surface area (Å²) in [6, 6.07) is 9.85. The fourth-order valence-corrected chi connectivity index (χ4v) is 3.04. The molecule has 1 atom stereocenters. The van der Waals surface area contributed by atoms with Gasteiger partial charge in [-0.1, -0.05) is 24.3 Å². The van der Waals surface area contributed by atoms with E-state index in [1.54, 1.807) is 12.3 Å². The Morgan fingerprint density at radius 2 is 2.25 bits per heavy atom. The number of fused-ring (bicyclic) bond motifs is 1. The lowest BCUT2D eigenvalue weighted by Gasteiger charge is -2.26. The third-order valence-corrected chi connectivity index (χ3v) is 4.23. The summed E-state index contributed by atoms with van der Waals surface area (Å²) in [4.78, 5) is 11.0. The lowest BCUT2D eigenvalue weighted by Crippen LogP contribution is -2.20. The highest BCUT2D eigenvalue weighted by Crippen LogP contribution is 2.29. The molecule has 1 aliphatic heterocycles. The number of rotatable bonds is 3. The Morgan fingerprint density at radius 3 is 3.00 bits per heavy atom. The normalized spacial score (nSPS) is 17.8. The van der Waals surface area contributed by atoms with Crippen molar-refractivity contribution < 1.29 is 14.6 Å². The summed E-state index contributed by atoms with van der Waals surface area (Å²) < 4.78 is 8.47. The molecule has 1 aromatic heterocycles. The number of hydrogen-bond donors (Lipinski definition) is 1. The van der Waals surface area contributed by atoms with Crippen LogP contribution in [-0.2, 0) is 17.7 Å². The van der Waals surface area contributed by atoms with Crippen LogP contribution in [0.5, 0.6) is 0 Å². The van der Waals surface area contributed by atoms with Crippen molar-refractivity contribution in [2.75, 3.05) is 6.61 Å². The number of hydrogen-bond acceptors (Lipinski definition) is 2. The van der Waals surface area contributed by atoms with Crippen LogP contribution in [0.3, 0.4) is 0 Å². The van der Waals surface area contributed by atoms with Crippen LogP contribution in [0.4, 0.5) is 0 Å². The lowest BCUT2D eigenvalue weighted by atomic mass is 9.97. The van der Waals surface area contributed by atoms with Gasteiger partial charge in [0, 0.05) is 6.20 Å². The molecular formula is C15H14BrNO3. The number of benzene rings is 1. The first-order valence-electron chi connectivity index (χ1n) is 6.43. The van der Waals surface area contributed by atoms with Crippen molar-refractivity contribution in [3.8, 4) is 0 Å². The smallest absolute Gasteiger partial charge is 0.337 e. The number of aromatic nitrogens is 1. The first-order valence-corrected chi connectivity index (χ1v) is 7.23. The van der Waals surface area contributed by atoms with Gasteiger partial charge < -0.3 is 14.4 Å². The minimum atomic E-state index is -0.922. The van der Waals surface area contributed by atoms with Gasteiger partial charge in [-0.05, 0) is 39.5 Å². The Labute approximate surface area is 125 Å². The SMILES string of the molecule is O=C(O)c1cc(Br)n(CC2OCCc3ccccc32)c1. The van der Waals surface area contributed by atoms with Crippen molar-refractivity contribution in [2.45, 2.75) is 19.1 Å². The van der Waals surface area contributed by atoms with Crippen LogP contribution in [0.2, 0.25) is 0 Å². The second kappa shape index (κ2) is 5.42. The standard InChI is InChI=1S/C15H14BrNO3/c16-14-7-11(15(18)19)8-17(14)9-13-12-4-2-1-3-10(12)5-6-20-13/h1-4,7-8,13H,5-6,9H2,(H,18,19). The zero-order valence-electron chi connectivity index (χ0n) is 10.8. The monoisotopic (exact) mass is 335 g/mol. The maximum absolute atomic E-state index is 11.0. The van der Waals surface area contributed by atoms with E-state index in [2.05, 4.69) is 28.1 Å². The fraction of sp³-hybridized carbons (Fsp3) is 0.267. The third kappa shape index (κ3) is 2.51. The second-order valence-electron chi connectivity index (χ2n) is 4.82. The molecule has 5 heteroatoms. The van der Waals surface area contributed by atoms with Crippen molar-refractivity contribution >= 4 is 21.9 Å². The molecule has 1 aromatic carbocycles. The van der Waals surface area contributed by atoms with Gasteiger partial charge >= 0.3 is 5.97 Å². The summed E-state index contributed by atoms with van der Waals surface area (Å²) in [5.41, 5.74) is 2.78. The minimum absolute atomic E-state index is 0.0368. The molecule has 0 fully saturated rings. The Kier molecular flexibility index (Phi) is 3.63. The first kappa shape index (κ1) is 13.4. The number of carboxylic acids is 1. The van der Waals surface area contributed by atoms with Crippen LogP contribution in [0.1, 0.15) is 27.6 Å². The third-order valence-electron chi connectivity index (χ3n) is 3.55. The molecule has 0 radical (unpaired) electrons. The van der Waals surface area contributed by atoms with Crippen molar-refractivity contribution in [1.29, 1.82) is 0 Å². The molecule has 3 rings (SSSR count). The van der Waals surface area contributed by atoms with E-state index in [1.165, 1.54) is 11.1 Å². The van der Waals surface area contributed by atoms with Gasteiger partial charge in [0.05, 0.1) is 23.3 Å². The Balaban J connectivity index is 1.87. The molecule has 1 unspecified atom stereocenters. The zero-order valence-corrected chi connectivity index (χ0v) is 12.3. The number of aromatic carboxylic acids is 1. The summed E-state index contributed by atoms with van der Waals surface area (Å²) in [5.74, 6) is -0.922. The topological polar surface area (TPSA) is 51.5 Å². The molecule has 0 saturated heterocycles. The lowest BCUT2D eigenvalue weighted by molar-refractivity contribution is 0.0302. The van der Waals surface area contributed by atoms with Crippen molar-refractivity contribution in [1.82, 2.24) is 4.57 Å². The van der Waals surface area contributed by atoms with E-state index in [0.717, 1.165) is 11.0 Å². The largest absolute Gasteiger partial charge is 0.478 e. The van der Waals surface area contributed by atoms with E-state index in [-0.39, 0.29) is 11.7 Å². The molecule has 4 nitrogen and oxygen atoms in total. The Bertz CT molecular complexity index is 650. The summed E-state index contributed by atoms with van der Waals surface area (Å²) in [7, 11) is 0. The molecule has 2 heterocycles. The van der Waals surface area contributed by atoms with Crippen LogP contribution in [0.15, 0.2) is 41.1 Å². The van der Waals surface area contributed by atoms with Gasteiger partial charge in [0.15, 0.2) is 0 Å². The molecule has 0 bridgehead atoms. The molecule has 0 amide bonds. The van der Waals surface area contributed by atoms with E-state index < -0.39 is 5.97 Å². The fourth-order valence-electron chi connectivity index (χ4n) is 2.54. The van der Waals surface area contributed by atoms with Gasteiger partial charge in [-0.3, -0.25) is 0 Å². The number of carbonyl (C=O) groups is 1. The molecule has 1 N–H and O–H groups in total. The molecule has 104 valence electrons. The van der Waals surface area contributed by atoms with Gasteiger partial charge in [-0.15, -0.1) is 0 Å². The van der Waals surface area contributed by atoms with E-state index in [9.17, 15) is 4.79 Å². The van der Waals surface area contributed by atoms with Gasteiger partial charge in [0.25, 0.3) is 0 Å². The predicted molar refractivity (Wildman–Crippen MR) is 77.9 cm³/mol. The van der Waals surface area contributed by atoms with Crippen LogP contribution >= 0.6 is 15.9 Å². The molecule has 1 aliphatic rings. The first-order chi connectivity index (χ1) is 9.65. The quantitative estimate of drug-likeness (QED) is 0.936. The average Bonchev–Trinajstić information content (AvgIpc) is 2.81. The molecule has 2 aromatic rings. The van der Waals surface area contributed by atoms with Gasteiger partial charge in [0.1, 0.15) is 6.10 Å². The summed E-state index contributed by atoms with van der Waals surface area (Å²) in [6.45, 7) is 1.30. The highest BCUT2D eigenvalue weighted by Gasteiger charge is 2.22. The van der Waals surface area contributed by atoms with Crippen LogP contribution in [0.25, 0.3) is 0 Å². The highest BCUT2D eigenvalue weighted by molar-refractivity contribution is 9.10. The number of carboxylic acid groups (broad SMARTS) is 1. The van der Waals surface area contributed by atoms with Crippen LogP contribution in [0, 0.1) is 0 Å². The van der Waals surface area contributed by atoms with Gasteiger partial charge in [-0.25, -0.2) is 4.79 Å². The molecule has 0 saturated carbocycles. The minimum Gasteiger partial charge on any atom is -0.478 e. The Hall–Kier alpha value is -1.59. The van der Waals surface area contributed by atoms with E-state index in [0.29, 0.717) is 13.2 Å². The van der Waals surface area contributed by atoms with E-state index >= 15 is 0 Å². The van der Waals surface area contributed by atoms with Gasteiger partial charge in [0.2, 0.25) is 0 Å². The molecular weight excluding hydrogens is 322 g/mol. The maximum Gasteiger partial charge on any atom is 0.337 e. The van der Waals surface area contributed by atoms with Crippen molar-refractivity contribution in [3.63, 3.8) is 0 Å². The predicted octanol–water partition coefficient (Wildman–Crippen LogP) is 3.26. The van der Waals surface area contributed by atoms with Crippen molar-refractivity contribution in [3.05, 3.63) is 57.8 Å². The Morgan fingerprint density at radius 1 is 1.45 bits per heavy atom. The number of ether oxygens (including phenoxy) is 1. The molecule has 0 aliphatic carbocycles. The molecule has 0 spiro atoms. The number of halogens is 1. The highest BCUT2D eigenvalue weighted by atomic mass is 79.9. The van der Waals surface area contributed by atoms with E-state index in [1.807, 2.05) is 16.7 Å². The number of nitrogens with zero attached hydrogens (tertiary/aromatic N) is 1. The summed E-state index contributed by atoms with van der Waals surface area (Å²) >= 11 is 3.40. The zero-order chi connectivity index (χ0) is 14.1. The second-order valence-corrected chi connectivity index (χ2v) is 5.63. The summed E-state index contributed by atoms with van der Waals surface area (Å²) in [5, 5.41) is 9.02. The summed E-state index contributed by atoms with van der Waals surface area (Å²) in [6.07, 6.45) is 2.53. The molecule has 20 heavy (non-hydrogen) atoms. The van der Waals surface area contributed by atoms with Crippen LogP contribution < -0.4 is 0 Å². The van der Waals surface area contributed by atoms with Crippen LogP contribution in [-0.4, -0.2) is 22.2 Å². The van der Waals surface area contributed by atoms with Crippen molar-refractivity contribution in [2.24, 2.45) is 0 Å².